The second-order valence-corrected chi connectivity index (χ2v) is 4.97. The normalized spacial score (nSPS) is 14.7. The van der Waals surface area contributed by atoms with Gasteiger partial charge in [0.15, 0.2) is 0 Å². The molecule has 0 amide bonds. The van der Waals surface area contributed by atoms with E-state index >= 15 is 0 Å². The summed E-state index contributed by atoms with van der Waals surface area (Å²) >= 11 is 0. The van der Waals surface area contributed by atoms with Crippen molar-refractivity contribution in [3.63, 3.8) is 0 Å². The highest BCUT2D eigenvalue weighted by Gasteiger charge is 2.33. The molecule has 1 aromatic rings. The van der Waals surface area contributed by atoms with Crippen LogP contribution >= 0.6 is 8.25 Å². The summed E-state index contributed by atoms with van der Waals surface area (Å²) in [6.45, 7) is 0. The summed E-state index contributed by atoms with van der Waals surface area (Å²) in [5, 5.41) is 4.87. The van der Waals surface area contributed by atoms with Gasteiger partial charge in [0.05, 0.1) is 0 Å². The summed E-state index contributed by atoms with van der Waals surface area (Å²) in [7, 11) is -7.12. The number of rotatable bonds is 4. The Morgan fingerprint density at radius 1 is 1.33 bits per heavy atom. The molecule has 0 heterocycles. The molecule has 3 N–H and O–H groups in total. The molecular weight excluding hydrogens is 241 g/mol. The first-order chi connectivity index (χ1) is 6.91. The lowest BCUT2D eigenvalue weighted by molar-refractivity contribution is 0.252. The van der Waals surface area contributed by atoms with Gasteiger partial charge in [-0.15, -0.1) is 4.89 Å². The minimum atomic E-state index is -4.08. The maximum atomic E-state index is 11.1. The molecule has 8 heteroatoms. The maximum Gasteiger partial charge on any atom is 0.696 e. The van der Waals surface area contributed by atoms with E-state index in [4.69, 9.17) is 10.0 Å². The Kier molecular flexibility index (Phi) is 3.90. The smallest absolute Gasteiger partial charge is 0.226 e. The van der Waals surface area contributed by atoms with Crippen LogP contribution in [0.1, 0.15) is 11.0 Å². The van der Waals surface area contributed by atoms with E-state index in [-0.39, 0.29) is 5.56 Å². The van der Waals surface area contributed by atoms with Gasteiger partial charge in [-0.2, -0.15) is 0 Å². The van der Waals surface area contributed by atoms with E-state index in [1.165, 1.54) is 12.1 Å². The number of hydrogen-bond acceptors (Lipinski definition) is 4. The molecule has 0 aliphatic heterocycles. The molecule has 0 bridgehead atoms. The van der Waals surface area contributed by atoms with Crippen molar-refractivity contribution in [3.8, 4) is 0 Å². The average molecular weight is 250 g/mol. The molecule has 0 fully saturated rings. The van der Waals surface area contributed by atoms with E-state index in [0.29, 0.717) is 0 Å². The monoisotopic (exact) mass is 250 g/mol. The Hall–Kier alpha value is -0.850. The van der Waals surface area contributed by atoms with Crippen LogP contribution in [0.4, 0.5) is 0 Å². The summed E-state index contributed by atoms with van der Waals surface area (Å²) < 4.78 is 36.9. The van der Waals surface area contributed by atoms with Gasteiger partial charge in [-0.1, -0.05) is 34.9 Å². The minimum absolute atomic E-state index is 0.206. The van der Waals surface area contributed by atoms with E-state index in [0.717, 1.165) is 0 Å². The Morgan fingerprint density at radius 3 is 2.27 bits per heavy atom. The zero-order chi connectivity index (χ0) is 11.5. The second-order valence-electron chi connectivity index (χ2n) is 2.67. The zero-order valence-corrected chi connectivity index (χ0v) is 9.19. The predicted octanol–water partition coefficient (Wildman–Crippen LogP) is 0.640. The first kappa shape index (κ1) is 12.2. The van der Waals surface area contributed by atoms with Gasteiger partial charge < -0.3 is 0 Å². The van der Waals surface area contributed by atoms with Crippen LogP contribution in [0.5, 0.6) is 0 Å². The fourth-order valence-corrected chi connectivity index (χ4v) is 2.53. The molecule has 1 aromatic carbocycles. The van der Waals surface area contributed by atoms with Crippen LogP contribution in [0.2, 0.25) is 0 Å². The van der Waals surface area contributed by atoms with Gasteiger partial charge in [-0.3, -0.25) is 0 Å². The third-order valence-electron chi connectivity index (χ3n) is 1.56. The number of hydrogen-bond donors (Lipinski definition) is 2. The summed E-state index contributed by atoms with van der Waals surface area (Å²) in [5.41, 5.74) is -1.41. The molecule has 0 aromatic heterocycles. The zero-order valence-electron chi connectivity index (χ0n) is 7.48. The summed E-state index contributed by atoms with van der Waals surface area (Å²) in [6.07, 6.45) is 0. The molecule has 2 atom stereocenters. The largest absolute Gasteiger partial charge is 0.696 e. The minimum Gasteiger partial charge on any atom is -0.226 e. The third-order valence-corrected chi connectivity index (χ3v) is 3.06. The van der Waals surface area contributed by atoms with Crippen LogP contribution < -0.4 is 5.14 Å². The fourth-order valence-electron chi connectivity index (χ4n) is 1.00. The van der Waals surface area contributed by atoms with Crippen molar-refractivity contribution in [2.24, 2.45) is 5.14 Å². The van der Waals surface area contributed by atoms with Crippen LogP contribution in [-0.2, 0) is 19.1 Å². The molecular formula is C7H9NO5PS+. The Labute approximate surface area is 87.7 Å². The van der Waals surface area contributed by atoms with Crippen LogP contribution in [0.25, 0.3) is 0 Å². The van der Waals surface area contributed by atoms with E-state index in [9.17, 15) is 13.0 Å². The van der Waals surface area contributed by atoms with Gasteiger partial charge in [0.2, 0.25) is 10.0 Å². The highest BCUT2D eigenvalue weighted by molar-refractivity contribution is 7.89. The molecule has 0 saturated carbocycles. The van der Waals surface area contributed by atoms with Crippen molar-refractivity contribution < 1.29 is 22.4 Å². The molecule has 1 rings (SSSR count). The van der Waals surface area contributed by atoms with Gasteiger partial charge in [-0.25, -0.2) is 13.6 Å². The third kappa shape index (κ3) is 3.65. The topological polar surface area (TPSA) is 107 Å². The molecule has 0 spiro atoms. The molecule has 0 radical (unpaired) electrons. The van der Waals surface area contributed by atoms with E-state index < -0.39 is 23.7 Å². The number of sulfonamides is 1. The number of benzene rings is 1. The SMILES string of the molecule is NS(=O)(=O)C(O[P+](=O)O)c1ccccc1. The van der Waals surface area contributed by atoms with Crippen molar-refractivity contribution in [2.45, 2.75) is 5.44 Å². The van der Waals surface area contributed by atoms with Crippen molar-refractivity contribution in [1.82, 2.24) is 0 Å². The van der Waals surface area contributed by atoms with Crippen molar-refractivity contribution >= 4 is 18.3 Å². The highest BCUT2D eigenvalue weighted by atomic mass is 32.2. The number of nitrogens with two attached hydrogens (primary N) is 1. The molecule has 15 heavy (non-hydrogen) atoms. The van der Waals surface area contributed by atoms with Gasteiger partial charge in [0.1, 0.15) is 0 Å². The standard InChI is InChI=1S/C7H8NO5PS/c8-15(11,12)7(13-14(9)10)6-4-2-1-3-5-6/h1-5,7H,(H2-,8,9,10,11,12)/p+1. The molecule has 0 aliphatic rings. The van der Waals surface area contributed by atoms with Crippen LogP contribution in [0.3, 0.4) is 0 Å². The Bertz CT molecular complexity index is 446. The van der Waals surface area contributed by atoms with Gasteiger partial charge in [0, 0.05) is 10.1 Å². The number of primary sulfonamides is 1. The maximum absolute atomic E-state index is 11.1. The van der Waals surface area contributed by atoms with Gasteiger partial charge >= 0.3 is 8.25 Å². The molecule has 0 aliphatic carbocycles. The Morgan fingerprint density at radius 2 is 1.87 bits per heavy atom. The predicted molar refractivity (Wildman–Crippen MR) is 53.2 cm³/mol. The summed E-state index contributed by atoms with van der Waals surface area (Å²) in [6, 6.07) is 7.69. The lowest BCUT2D eigenvalue weighted by atomic mass is 10.2. The fraction of sp³-hybridized carbons (Fsp3) is 0.143. The lowest BCUT2D eigenvalue weighted by Crippen LogP contribution is -2.22. The first-order valence-electron chi connectivity index (χ1n) is 3.80. The Balaban J connectivity index is 3.08. The van der Waals surface area contributed by atoms with Crippen LogP contribution in [0, 0.1) is 0 Å². The van der Waals surface area contributed by atoms with Crippen molar-refractivity contribution in [3.05, 3.63) is 35.9 Å². The average Bonchev–Trinajstić information content (AvgIpc) is 2.14. The van der Waals surface area contributed by atoms with Gasteiger partial charge in [0.25, 0.3) is 5.44 Å². The van der Waals surface area contributed by atoms with Crippen molar-refractivity contribution in [1.29, 1.82) is 0 Å². The van der Waals surface area contributed by atoms with Crippen LogP contribution in [-0.4, -0.2) is 13.3 Å². The van der Waals surface area contributed by atoms with E-state index in [1.807, 2.05) is 0 Å². The van der Waals surface area contributed by atoms with Crippen LogP contribution in [0.15, 0.2) is 30.3 Å². The lowest BCUT2D eigenvalue weighted by Gasteiger charge is -2.07. The van der Waals surface area contributed by atoms with Crippen molar-refractivity contribution in [2.75, 3.05) is 0 Å². The summed E-state index contributed by atoms with van der Waals surface area (Å²) in [4.78, 5) is 8.51. The first-order valence-corrected chi connectivity index (χ1v) is 6.54. The molecule has 0 saturated heterocycles. The molecule has 6 nitrogen and oxygen atoms in total. The second kappa shape index (κ2) is 4.78. The molecule has 82 valence electrons. The van der Waals surface area contributed by atoms with E-state index in [1.54, 1.807) is 18.2 Å². The van der Waals surface area contributed by atoms with E-state index in [2.05, 4.69) is 4.52 Å². The highest BCUT2D eigenvalue weighted by Crippen LogP contribution is 2.31. The quantitative estimate of drug-likeness (QED) is 0.762. The molecule has 2 unspecified atom stereocenters. The summed E-state index contributed by atoms with van der Waals surface area (Å²) in [5.74, 6) is 0. The van der Waals surface area contributed by atoms with Gasteiger partial charge in [-0.05, 0) is 0 Å².